The van der Waals surface area contributed by atoms with Gasteiger partial charge in [0.25, 0.3) is 0 Å². The Morgan fingerprint density at radius 1 is 1.47 bits per heavy atom. The van der Waals surface area contributed by atoms with E-state index in [1.807, 2.05) is 6.92 Å². The summed E-state index contributed by atoms with van der Waals surface area (Å²) in [6, 6.07) is 6.54. The highest BCUT2D eigenvalue weighted by Gasteiger charge is 2.23. The van der Waals surface area contributed by atoms with Gasteiger partial charge in [-0.05, 0) is 43.0 Å². The van der Waals surface area contributed by atoms with Gasteiger partial charge in [0, 0.05) is 33.7 Å². The maximum Gasteiger partial charge on any atom is 0.0486 e. The molecule has 0 amide bonds. The van der Waals surface area contributed by atoms with Crippen LogP contribution < -0.4 is 5.73 Å². The monoisotopic (exact) mass is 291 g/mol. The van der Waals surface area contributed by atoms with Crippen LogP contribution in [0.15, 0.2) is 22.7 Å². The summed E-state index contributed by atoms with van der Waals surface area (Å²) >= 11 is 3.55. The maximum absolute atomic E-state index is 6.24. The molecule has 0 aliphatic carbocycles. The van der Waals surface area contributed by atoms with Crippen molar-refractivity contribution in [2.24, 2.45) is 5.73 Å². The van der Waals surface area contributed by atoms with Gasteiger partial charge < -0.3 is 10.3 Å². The molecule has 1 aliphatic heterocycles. The number of nitrogens with two attached hydrogens (primary N) is 1. The molecule has 1 atom stereocenters. The van der Waals surface area contributed by atoms with Gasteiger partial charge in [0.05, 0.1) is 0 Å². The number of rotatable bonds is 2. The van der Waals surface area contributed by atoms with Crippen molar-refractivity contribution in [2.75, 3.05) is 0 Å². The third-order valence-electron chi connectivity index (χ3n) is 3.66. The molecular formula is C14H16BrN2. The molecule has 1 unspecified atom stereocenters. The molecule has 1 aliphatic rings. The quantitative estimate of drug-likeness (QED) is 0.901. The average molecular weight is 292 g/mol. The molecular weight excluding hydrogens is 276 g/mol. The smallest absolute Gasteiger partial charge is 0.0486 e. The SMILES string of the molecule is C[CH]C(N)c1c2n(c3ccc(Br)cc13)CCC2. The molecule has 0 fully saturated rings. The number of hydrogen-bond acceptors (Lipinski definition) is 1. The van der Waals surface area contributed by atoms with Crippen LogP contribution in [-0.4, -0.2) is 4.57 Å². The predicted octanol–water partition coefficient (Wildman–Crippen LogP) is 3.57. The molecule has 0 bridgehead atoms. The second-order valence-electron chi connectivity index (χ2n) is 4.64. The summed E-state index contributed by atoms with van der Waals surface area (Å²) in [6.45, 7) is 3.16. The van der Waals surface area contributed by atoms with Crippen LogP contribution in [0.5, 0.6) is 0 Å². The molecule has 2 aromatic rings. The fourth-order valence-corrected chi connectivity index (χ4v) is 3.23. The van der Waals surface area contributed by atoms with Gasteiger partial charge in [0.15, 0.2) is 0 Å². The average Bonchev–Trinajstić information content (AvgIpc) is 2.87. The minimum atomic E-state index is 0.0427. The van der Waals surface area contributed by atoms with Crippen molar-refractivity contribution in [1.82, 2.24) is 4.57 Å². The van der Waals surface area contributed by atoms with E-state index >= 15 is 0 Å². The summed E-state index contributed by atoms with van der Waals surface area (Å²) in [6.07, 6.45) is 4.47. The van der Waals surface area contributed by atoms with E-state index in [1.165, 1.54) is 28.6 Å². The Bertz CT molecular complexity index is 571. The summed E-state index contributed by atoms with van der Waals surface area (Å²) in [5.41, 5.74) is 10.3. The Labute approximate surface area is 110 Å². The highest BCUT2D eigenvalue weighted by molar-refractivity contribution is 9.10. The molecule has 1 radical (unpaired) electrons. The Morgan fingerprint density at radius 2 is 2.29 bits per heavy atom. The fraction of sp³-hybridized carbons (Fsp3) is 0.357. The van der Waals surface area contributed by atoms with Gasteiger partial charge in [-0.15, -0.1) is 0 Å². The van der Waals surface area contributed by atoms with E-state index < -0.39 is 0 Å². The number of nitrogens with zero attached hydrogens (tertiary/aromatic N) is 1. The van der Waals surface area contributed by atoms with Crippen molar-refractivity contribution in [3.8, 4) is 0 Å². The predicted molar refractivity (Wildman–Crippen MR) is 74.9 cm³/mol. The molecule has 2 heterocycles. The highest BCUT2D eigenvalue weighted by atomic mass is 79.9. The van der Waals surface area contributed by atoms with E-state index in [9.17, 15) is 0 Å². The number of benzene rings is 1. The van der Waals surface area contributed by atoms with E-state index in [0.717, 1.165) is 17.4 Å². The van der Waals surface area contributed by atoms with Crippen molar-refractivity contribution in [3.05, 3.63) is 40.4 Å². The minimum Gasteiger partial charge on any atom is -0.344 e. The largest absolute Gasteiger partial charge is 0.344 e. The lowest BCUT2D eigenvalue weighted by Gasteiger charge is -2.10. The van der Waals surface area contributed by atoms with Gasteiger partial charge in [0.2, 0.25) is 0 Å². The van der Waals surface area contributed by atoms with Crippen LogP contribution in [0, 0.1) is 6.42 Å². The van der Waals surface area contributed by atoms with E-state index in [-0.39, 0.29) is 6.04 Å². The molecule has 17 heavy (non-hydrogen) atoms. The van der Waals surface area contributed by atoms with Crippen LogP contribution in [0.3, 0.4) is 0 Å². The molecule has 2 N–H and O–H groups in total. The van der Waals surface area contributed by atoms with Crippen molar-refractivity contribution in [3.63, 3.8) is 0 Å². The lowest BCUT2D eigenvalue weighted by Crippen LogP contribution is -2.11. The summed E-state index contributed by atoms with van der Waals surface area (Å²) in [5.74, 6) is 0. The Hall–Kier alpha value is -0.800. The lowest BCUT2D eigenvalue weighted by molar-refractivity contribution is 0.770. The molecule has 1 aromatic carbocycles. The van der Waals surface area contributed by atoms with Crippen molar-refractivity contribution in [2.45, 2.75) is 32.4 Å². The summed E-state index contributed by atoms with van der Waals surface area (Å²) in [5, 5.41) is 1.31. The van der Waals surface area contributed by atoms with Gasteiger partial charge in [-0.3, -0.25) is 0 Å². The number of hydrogen-bond donors (Lipinski definition) is 1. The summed E-state index contributed by atoms with van der Waals surface area (Å²) in [4.78, 5) is 0. The zero-order valence-corrected chi connectivity index (χ0v) is 11.5. The van der Waals surface area contributed by atoms with E-state index in [2.05, 4.69) is 45.1 Å². The molecule has 0 saturated carbocycles. The second kappa shape index (κ2) is 4.14. The van der Waals surface area contributed by atoms with E-state index in [1.54, 1.807) is 0 Å². The van der Waals surface area contributed by atoms with Gasteiger partial charge in [-0.25, -0.2) is 0 Å². The summed E-state index contributed by atoms with van der Waals surface area (Å²) < 4.78 is 3.55. The van der Waals surface area contributed by atoms with Crippen LogP contribution >= 0.6 is 15.9 Å². The van der Waals surface area contributed by atoms with Crippen LogP contribution in [0.4, 0.5) is 0 Å². The number of halogens is 1. The van der Waals surface area contributed by atoms with Gasteiger partial charge in [-0.2, -0.15) is 0 Å². The lowest BCUT2D eigenvalue weighted by atomic mass is 10.00. The van der Waals surface area contributed by atoms with Crippen molar-refractivity contribution in [1.29, 1.82) is 0 Å². The first-order valence-corrected chi connectivity index (χ1v) is 6.87. The number of aryl methyl sites for hydroxylation is 1. The molecule has 3 heteroatoms. The van der Waals surface area contributed by atoms with E-state index in [0.29, 0.717) is 0 Å². The number of aromatic nitrogens is 1. The standard InChI is InChI=1S/C14H16BrN2/c1-2-11(16)14-10-8-9(15)5-6-12(10)17-7-3-4-13(14)17/h2,5-6,8,11H,3-4,7,16H2,1H3. The van der Waals surface area contributed by atoms with Crippen LogP contribution in [0.25, 0.3) is 10.9 Å². The first kappa shape index (κ1) is 11.3. The molecule has 2 nitrogen and oxygen atoms in total. The van der Waals surface area contributed by atoms with Gasteiger partial charge >= 0.3 is 0 Å². The van der Waals surface area contributed by atoms with Crippen LogP contribution in [0.1, 0.15) is 30.6 Å². The fourth-order valence-electron chi connectivity index (χ4n) is 2.87. The maximum atomic E-state index is 6.24. The highest BCUT2D eigenvalue weighted by Crippen LogP contribution is 2.36. The molecule has 89 valence electrons. The Balaban J connectivity index is 2.34. The van der Waals surface area contributed by atoms with Gasteiger partial charge in [0.1, 0.15) is 0 Å². The first-order chi connectivity index (χ1) is 8.22. The van der Waals surface area contributed by atoms with E-state index in [4.69, 9.17) is 5.73 Å². The third-order valence-corrected chi connectivity index (χ3v) is 4.16. The molecule has 0 spiro atoms. The Kier molecular flexibility index (Phi) is 2.75. The molecule has 0 saturated heterocycles. The second-order valence-corrected chi connectivity index (χ2v) is 5.55. The summed E-state index contributed by atoms with van der Waals surface area (Å²) in [7, 11) is 0. The number of fused-ring (bicyclic) bond motifs is 3. The Morgan fingerprint density at radius 3 is 3.06 bits per heavy atom. The van der Waals surface area contributed by atoms with Crippen molar-refractivity contribution < 1.29 is 0 Å². The zero-order chi connectivity index (χ0) is 12.0. The minimum absolute atomic E-state index is 0.0427. The topological polar surface area (TPSA) is 30.9 Å². The van der Waals surface area contributed by atoms with Crippen LogP contribution in [0.2, 0.25) is 0 Å². The first-order valence-electron chi connectivity index (χ1n) is 6.08. The molecule has 1 aromatic heterocycles. The zero-order valence-electron chi connectivity index (χ0n) is 9.91. The van der Waals surface area contributed by atoms with Crippen LogP contribution in [-0.2, 0) is 13.0 Å². The third kappa shape index (κ3) is 1.64. The van der Waals surface area contributed by atoms with Crippen molar-refractivity contribution >= 4 is 26.8 Å². The van der Waals surface area contributed by atoms with Gasteiger partial charge in [-0.1, -0.05) is 22.9 Å². The normalized spacial score (nSPS) is 16.4. The molecule has 3 rings (SSSR count).